The fourth-order valence-corrected chi connectivity index (χ4v) is 2.67. The summed E-state index contributed by atoms with van der Waals surface area (Å²) >= 11 is 5.04. The second-order valence-electron chi connectivity index (χ2n) is 3.32. The largest absolute Gasteiger partial charge is 0.234 e. The fourth-order valence-electron chi connectivity index (χ4n) is 1.52. The first-order chi connectivity index (χ1) is 7.75. The van der Waals surface area contributed by atoms with Gasteiger partial charge in [-0.2, -0.15) is 9.61 Å². The van der Waals surface area contributed by atoms with Crippen molar-refractivity contribution in [3.63, 3.8) is 0 Å². The molecule has 0 spiro atoms. The van der Waals surface area contributed by atoms with Crippen molar-refractivity contribution in [2.24, 2.45) is 0 Å². The lowest BCUT2D eigenvalue weighted by Crippen LogP contribution is -1.91. The van der Waals surface area contributed by atoms with Gasteiger partial charge in [-0.25, -0.2) is 0 Å². The molecule has 0 radical (unpaired) electrons. The predicted octanol–water partition coefficient (Wildman–Crippen LogP) is 2.92. The van der Waals surface area contributed by atoms with E-state index < -0.39 is 0 Å². The molecule has 3 aromatic rings. The molecule has 0 aliphatic rings. The van der Waals surface area contributed by atoms with E-state index in [1.165, 1.54) is 11.3 Å². The second kappa shape index (κ2) is 3.64. The van der Waals surface area contributed by atoms with Gasteiger partial charge in [0.2, 0.25) is 4.96 Å². The first kappa shape index (κ1) is 9.92. The molecule has 80 valence electrons. The number of halogens is 1. The minimum absolute atomic E-state index is 0.770. The molecule has 3 rings (SSSR count). The Morgan fingerprint density at radius 3 is 2.88 bits per heavy atom. The summed E-state index contributed by atoms with van der Waals surface area (Å²) in [5, 5.41) is 13.6. The normalized spacial score (nSPS) is 11.1. The van der Waals surface area contributed by atoms with Gasteiger partial charge in [0.05, 0.1) is 0 Å². The van der Waals surface area contributed by atoms with Crippen LogP contribution < -0.4 is 0 Å². The summed E-state index contributed by atoms with van der Waals surface area (Å²) in [6.45, 7) is 1.96. The third-order valence-corrected chi connectivity index (χ3v) is 3.71. The molecule has 0 atom stereocenters. The third kappa shape index (κ3) is 1.45. The summed E-state index contributed by atoms with van der Waals surface area (Å²) in [5.74, 6) is 0.770. The summed E-state index contributed by atoms with van der Waals surface area (Å²) in [5.41, 5.74) is 1.00. The Morgan fingerprint density at radius 2 is 2.06 bits per heavy atom. The van der Waals surface area contributed by atoms with E-state index in [1.54, 1.807) is 4.52 Å². The van der Waals surface area contributed by atoms with Gasteiger partial charge < -0.3 is 0 Å². The van der Waals surface area contributed by atoms with Gasteiger partial charge in [-0.1, -0.05) is 39.4 Å². The van der Waals surface area contributed by atoms with E-state index in [9.17, 15) is 0 Å². The fraction of sp³-hybridized carbons (Fsp3) is 0.100. The lowest BCUT2D eigenvalue weighted by molar-refractivity contribution is 0.940. The van der Waals surface area contributed by atoms with Crippen LogP contribution in [0.25, 0.3) is 16.3 Å². The Balaban J connectivity index is 2.30. The quantitative estimate of drug-likeness (QED) is 0.693. The van der Waals surface area contributed by atoms with Crippen LogP contribution in [0.4, 0.5) is 0 Å². The van der Waals surface area contributed by atoms with Gasteiger partial charge in [0.15, 0.2) is 5.82 Å². The Labute approximate surface area is 104 Å². The van der Waals surface area contributed by atoms with E-state index in [-0.39, 0.29) is 0 Å². The monoisotopic (exact) mass is 294 g/mol. The van der Waals surface area contributed by atoms with Crippen LogP contribution in [0.15, 0.2) is 28.7 Å². The Kier molecular flexibility index (Phi) is 2.26. The van der Waals surface area contributed by atoms with E-state index in [0.717, 1.165) is 25.8 Å². The molecular weight excluding hydrogens is 288 g/mol. The van der Waals surface area contributed by atoms with Crippen molar-refractivity contribution in [2.45, 2.75) is 6.92 Å². The van der Waals surface area contributed by atoms with Crippen LogP contribution in [0.1, 0.15) is 5.01 Å². The van der Waals surface area contributed by atoms with Crippen molar-refractivity contribution in [2.75, 3.05) is 0 Å². The maximum atomic E-state index is 4.38. The van der Waals surface area contributed by atoms with Gasteiger partial charge in [0.1, 0.15) is 5.01 Å². The molecule has 0 saturated heterocycles. The predicted molar refractivity (Wildman–Crippen MR) is 66.5 cm³/mol. The zero-order valence-electron chi connectivity index (χ0n) is 8.38. The van der Waals surface area contributed by atoms with E-state index in [4.69, 9.17) is 0 Å². The lowest BCUT2D eigenvalue weighted by Gasteiger charge is -1.99. The van der Waals surface area contributed by atoms with E-state index in [0.29, 0.717) is 0 Å². The van der Waals surface area contributed by atoms with Crippen LogP contribution in [0.3, 0.4) is 0 Å². The van der Waals surface area contributed by atoms with Crippen LogP contribution in [-0.4, -0.2) is 19.8 Å². The van der Waals surface area contributed by atoms with Gasteiger partial charge in [0, 0.05) is 10.0 Å². The van der Waals surface area contributed by atoms with Crippen molar-refractivity contribution < 1.29 is 0 Å². The number of hydrogen-bond acceptors (Lipinski definition) is 4. The number of benzene rings is 1. The number of aromatic nitrogens is 4. The minimum Gasteiger partial charge on any atom is -0.183 e. The highest BCUT2D eigenvalue weighted by Gasteiger charge is 2.13. The van der Waals surface area contributed by atoms with Crippen molar-refractivity contribution >= 4 is 32.2 Å². The molecule has 0 amide bonds. The standard InChI is InChI=1S/C10H7BrN4S/c1-6-14-15-9(12-13-10(15)16-6)7-4-2-3-5-8(7)11/h2-5H,1H3. The van der Waals surface area contributed by atoms with Gasteiger partial charge in [-0.3, -0.25) is 0 Å². The van der Waals surface area contributed by atoms with Gasteiger partial charge in [-0.05, 0) is 19.1 Å². The summed E-state index contributed by atoms with van der Waals surface area (Å²) in [6, 6.07) is 7.92. The van der Waals surface area contributed by atoms with Gasteiger partial charge in [0.25, 0.3) is 0 Å². The Hall–Kier alpha value is -1.27. The molecule has 0 unspecified atom stereocenters. The number of fused-ring (bicyclic) bond motifs is 1. The Morgan fingerprint density at radius 1 is 1.25 bits per heavy atom. The minimum atomic E-state index is 0.770. The number of rotatable bonds is 1. The number of nitrogens with zero attached hydrogens (tertiary/aromatic N) is 4. The lowest BCUT2D eigenvalue weighted by atomic mass is 10.2. The van der Waals surface area contributed by atoms with E-state index >= 15 is 0 Å². The summed E-state index contributed by atoms with van der Waals surface area (Å²) in [7, 11) is 0. The molecule has 0 aliphatic carbocycles. The summed E-state index contributed by atoms with van der Waals surface area (Å²) in [6.07, 6.45) is 0. The molecule has 1 aromatic carbocycles. The molecule has 16 heavy (non-hydrogen) atoms. The molecule has 0 saturated carbocycles. The molecule has 6 heteroatoms. The molecule has 0 aliphatic heterocycles. The van der Waals surface area contributed by atoms with Crippen molar-refractivity contribution in [1.29, 1.82) is 0 Å². The van der Waals surface area contributed by atoms with Gasteiger partial charge >= 0.3 is 0 Å². The van der Waals surface area contributed by atoms with Crippen LogP contribution in [0.5, 0.6) is 0 Å². The SMILES string of the molecule is Cc1nn2c(-c3ccccc3Br)nnc2s1. The number of hydrogen-bond donors (Lipinski definition) is 0. The van der Waals surface area contributed by atoms with Gasteiger partial charge in [-0.15, -0.1) is 10.2 Å². The molecule has 0 bridgehead atoms. The molecular formula is C10H7BrN4S. The molecule has 2 aromatic heterocycles. The van der Waals surface area contributed by atoms with Crippen LogP contribution in [-0.2, 0) is 0 Å². The first-order valence-corrected chi connectivity index (χ1v) is 6.30. The highest BCUT2D eigenvalue weighted by molar-refractivity contribution is 9.10. The smallest absolute Gasteiger partial charge is 0.183 e. The first-order valence-electron chi connectivity index (χ1n) is 4.69. The third-order valence-electron chi connectivity index (χ3n) is 2.21. The van der Waals surface area contributed by atoms with Crippen LogP contribution in [0, 0.1) is 6.92 Å². The van der Waals surface area contributed by atoms with Crippen molar-refractivity contribution in [1.82, 2.24) is 19.8 Å². The highest BCUT2D eigenvalue weighted by Crippen LogP contribution is 2.27. The zero-order valence-corrected chi connectivity index (χ0v) is 10.8. The van der Waals surface area contributed by atoms with Crippen molar-refractivity contribution in [3.8, 4) is 11.4 Å². The Bertz CT molecular complexity index is 658. The molecule has 2 heterocycles. The summed E-state index contributed by atoms with van der Waals surface area (Å²) in [4.78, 5) is 0.822. The maximum absolute atomic E-state index is 4.38. The van der Waals surface area contributed by atoms with Crippen molar-refractivity contribution in [3.05, 3.63) is 33.7 Å². The topological polar surface area (TPSA) is 43.1 Å². The summed E-state index contributed by atoms with van der Waals surface area (Å²) < 4.78 is 2.77. The van der Waals surface area contributed by atoms with E-state index in [1.807, 2.05) is 31.2 Å². The van der Waals surface area contributed by atoms with Crippen LogP contribution >= 0.6 is 27.3 Å². The second-order valence-corrected chi connectivity index (χ2v) is 5.33. The zero-order chi connectivity index (χ0) is 11.1. The molecule has 4 nitrogen and oxygen atoms in total. The maximum Gasteiger partial charge on any atom is 0.234 e. The van der Waals surface area contributed by atoms with Crippen LogP contribution in [0.2, 0.25) is 0 Å². The number of aryl methyl sites for hydroxylation is 1. The average molecular weight is 295 g/mol. The average Bonchev–Trinajstić information content (AvgIpc) is 2.78. The molecule has 0 N–H and O–H groups in total. The highest BCUT2D eigenvalue weighted by atomic mass is 79.9. The molecule has 0 fully saturated rings. The van der Waals surface area contributed by atoms with E-state index in [2.05, 4.69) is 31.2 Å².